The van der Waals surface area contributed by atoms with E-state index in [1.54, 1.807) is 7.11 Å². The average Bonchev–Trinajstić information content (AvgIpc) is 2.61. The van der Waals surface area contributed by atoms with Crippen molar-refractivity contribution in [1.82, 2.24) is 10.2 Å². The summed E-state index contributed by atoms with van der Waals surface area (Å²) in [5, 5.41) is 12.6. The van der Waals surface area contributed by atoms with Crippen LogP contribution in [-0.2, 0) is 4.74 Å². The molecule has 18 heavy (non-hydrogen) atoms. The molecule has 0 aromatic heterocycles. The van der Waals surface area contributed by atoms with E-state index in [-0.39, 0.29) is 6.61 Å². The van der Waals surface area contributed by atoms with Crippen molar-refractivity contribution < 1.29 is 9.84 Å². The Kier molecular flexibility index (Phi) is 6.57. The summed E-state index contributed by atoms with van der Waals surface area (Å²) < 4.78 is 5.14. The lowest BCUT2D eigenvalue weighted by atomic mass is 9.85. The zero-order chi connectivity index (χ0) is 13.6. The Morgan fingerprint density at radius 3 is 2.67 bits per heavy atom. The van der Waals surface area contributed by atoms with E-state index in [0.717, 1.165) is 26.2 Å². The van der Waals surface area contributed by atoms with E-state index in [1.165, 1.54) is 12.8 Å². The van der Waals surface area contributed by atoms with E-state index in [2.05, 4.69) is 31.1 Å². The molecular weight excluding hydrogens is 228 g/mol. The van der Waals surface area contributed by atoms with Gasteiger partial charge >= 0.3 is 0 Å². The van der Waals surface area contributed by atoms with E-state index in [0.29, 0.717) is 17.4 Å². The summed E-state index contributed by atoms with van der Waals surface area (Å²) in [5.74, 6) is 0.674. The number of ether oxygens (including phenoxy) is 1. The van der Waals surface area contributed by atoms with Crippen molar-refractivity contribution in [3.63, 3.8) is 0 Å². The van der Waals surface area contributed by atoms with Gasteiger partial charge in [0.25, 0.3) is 0 Å². The first-order valence-electron chi connectivity index (χ1n) is 7.04. The summed E-state index contributed by atoms with van der Waals surface area (Å²) in [6, 6.07) is 0.571. The fourth-order valence-corrected chi connectivity index (χ4v) is 3.33. The molecule has 0 saturated heterocycles. The Bertz CT molecular complexity index is 234. The zero-order valence-electron chi connectivity index (χ0n) is 12.4. The first-order valence-corrected chi connectivity index (χ1v) is 7.04. The van der Waals surface area contributed by atoms with Crippen molar-refractivity contribution in [3.05, 3.63) is 0 Å². The van der Waals surface area contributed by atoms with Crippen LogP contribution in [0.5, 0.6) is 0 Å². The molecule has 1 fully saturated rings. The zero-order valence-corrected chi connectivity index (χ0v) is 12.4. The smallest absolute Gasteiger partial charge is 0.0589 e. The van der Waals surface area contributed by atoms with Crippen LogP contribution in [0.3, 0.4) is 0 Å². The van der Waals surface area contributed by atoms with E-state index < -0.39 is 0 Å². The third kappa shape index (κ3) is 4.19. The van der Waals surface area contributed by atoms with Crippen LogP contribution in [-0.4, -0.2) is 63.1 Å². The molecule has 2 unspecified atom stereocenters. The van der Waals surface area contributed by atoms with E-state index in [4.69, 9.17) is 9.84 Å². The lowest BCUT2D eigenvalue weighted by molar-refractivity contribution is 0.111. The molecule has 2 N–H and O–H groups in total. The highest BCUT2D eigenvalue weighted by Crippen LogP contribution is 2.41. The van der Waals surface area contributed by atoms with Crippen LogP contribution in [0.25, 0.3) is 0 Å². The van der Waals surface area contributed by atoms with E-state index >= 15 is 0 Å². The van der Waals surface area contributed by atoms with Gasteiger partial charge in [0.05, 0.1) is 13.2 Å². The molecule has 0 aliphatic heterocycles. The lowest BCUT2D eigenvalue weighted by Crippen LogP contribution is -2.45. The molecule has 4 heteroatoms. The molecule has 1 rings (SSSR count). The molecule has 0 bridgehead atoms. The minimum absolute atomic E-state index is 0.226. The lowest BCUT2D eigenvalue weighted by Gasteiger charge is -2.33. The molecule has 0 aromatic rings. The Labute approximate surface area is 112 Å². The van der Waals surface area contributed by atoms with Gasteiger partial charge in [-0.1, -0.05) is 13.8 Å². The van der Waals surface area contributed by atoms with Crippen molar-refractivity contribution >= 4 is 0 Å². The molecule has 108 valence electrons. The third-order valence-electron chi connectivity index (χ3n) is 4.30. The maximum Gasteiger partial charge on any atom is 0.0589 e. The summed E-state index contributed by atoms with van der Waals surface area (Å²) in [6.45, 7) is 8.36. The molecule has 1 saturated carbocycles. The summed E-state index contributed by atoms with van der Waals surface area (Å²) in [6.07, 6.45) is 2.55. The summed E-state index contributed by atoms with van der Waals surface area (Å²) in [4.78, 5) is 2.32. The van der Waals surface area contributed by atoms with Gasteiger partial charge in [-0.3, -0.25) is 4.90 Å². The molecular formula is C14H30N2O2. The first-order chi connectivity index (χ1) is 8.55. The van der Waals surface area contributed by atoms with Gasteiger partial charge in [-0.05, 0) is 31.2 Å². The van der Waals surface area contributed by atoms with Crippen LogP contribution < -0.4 is 5.32 Å². The number of rotatable bonds is 8. The molecule has 0 spiro atoms. The van der Waals surface area contributed by atoms with Crippen molar-refractivity contribution in [2.24, 2.45) is 11.3 Å². The highest BCUT2D eigenvalue weighted by atomic mass is 16.5. The van der Waals surface area contributed by atoms with Crippen LogP contribution in [0, 0.1) is 11.3 Å². The topological polar surface area (TPSA) is 44.7 Å². The summed E-state index contributed by atoms with van der Waals surface area (Å²) >= 11 is 0. The molecule has 0 aromatic carbocycles. The largest absolute Gasteiger partial charge is 0.395 e. The fraction of sp³-hybridized carbons (Fsp3) is 1.00. The maximum absolute atomic E-state index is 9.14. The van der Waals surface area contributed by atoms with Crippen LogP contribution in [0.15, 0.2) is 0 Å². The van der Waals surface area contributed by atoms with Gasteiger partial charge in [0.2, 0.25) is 0 Å². The van der Waals surface area contributed by atoms with Crippen molar-refractivity contribution in [2.45, 2.75) is 32.7 Å². The Morgan fingerprint density at radius 1 is 1.39 bits per heavy atom. The Morgan fingerprint density at radius 2 is 2.11 bits per heavy atom. The van der Waals surface area contributed by atoms with Crippen LogP contribution >= 0.6 is 0 Å². The monoisotopic (exact) mass is 258 g/mol. The van der Waals surface area contributed by atoms with Gasteiger partial charge < -0.3 is 15.2 Å². The predicted octanol–water partition coefficient (Wildman–Crippen LogP) is 0.951. The fourth-order valence-electron chi connectivity index (χ4n) is 3.33. The minimum Gasteiger partial charge on any atom is -0.395 e. The molecule has 0 amide bonds. The molecule has 0 radical (unpaired) electrons. The van der Waals surface area contributed by atoms with Gasteiger partial charge in [-0.2, -0.15) is 0 Å². The first kappa shape index (κ1) is 15.9. The molecule has 1 aliphatic carbocycles. The van der Waals surface area contributed by atoms with Crippen LogP contribution in [0.2, 0.25) is 0 Å². The third-order valence-corrected chi connectivity index (χ3v) is 4.30. The summed E-state index contributed by atoms with van der Waals surface area (Å²) in [5.41, 5.74) is 0.381. The second-order valence-electron chi connectivity index (χ2n) is 6.07. The highest BCUT2D eigenvalue weighted by Gasteiger charge is 2.41. The number of nitrogens with zero attached hydrogens (tertiary/aromatic N) is 1. The van der Waals surface area contributed by atoms with Gasteiger partial charge in [-0.15, -0.1) is 0 Å². The van der Waals surface area contributed by atoms with Crippen molar-refractivity contribution in [3.8, 4) is 0 Å². The van der Waals surface area contributed by atoms with E-state index in [1.807, 2.05) is 0 Å². The second kappa shape index (κ2) is 7.43. The van der Waals surface area contributed by atoms with E-state index in [9.17, 15) is 0 Å². The SMILES string of the molecule is CNC1C(CN(CCO)CCOC)CCC1(C)C. The number of hydrogen-bond acceptors (Lipinski definition) is 4. The van der Waals surface area contributed by atoms with Gasteiger partial charge in [-0.25, -0.2) is 0 Å². The minimum atomic E-state index is 0.226. The molecule has 1 aliphatic rings. The van der Waals surface area contributed by atoms with Crippen LogP contribution in [0.4, 0.5) is 0 Å². The number of aliphatic hydroxyl groups excluding tert-OH is 1. The number of nitrogens with one attached hydrogen (secondary N) is 1. The standard InChI is InChI=1S/C14H30N2O2/c1-14(2)6-5-12(13(14)15-3)11-16(7-9-17)8-10-18-4/h12-13,15,17H,5-11H2,1-4H3. The molecule has 4 nitrogen and oxygen atoms in total. The molecule has 2 atom stereocenters. The van der Waals surface area contributed by atoms with Crippen molar-refractivity contribution in [2.75, 3.05) is 47.0 Å². The van der Waals surface area contributed by atoms with Crippen LogP contribution in [0.1, 0.15) is 26.7 Å². The normalized spacial score (nSPS) is 27.0. The summed E-state index contributed by atoms with van der Waals surface area (Å²) in [7, 11) is 3.79. The van der Waals surface area contributed by atoms with Gasteiger partial charge in [0.1, 0.15) is 0 Å². The highest BCUT2D eigenvalue weighted by molar-refractivity contribution is 4.96. The Hall–Kier alpha value is -0.160. The molecule has 0 heterocycles. The quantitative estimate of drug-likeness (QED) is 0.680. The van der Waals surface area contributed by atoms with Crippen molar-refractivity contribution in [1.29, 1.82) is 0 Å². The van der Waals surface area contributed by atoms with Gasteiger partial charge in [0.15, 0.2) is 0 Å². The second-order valence-corrected chi connectivity index (χ2v) is 6.07. The maximum atomic E-state index is 9.14. The average molecular weight is 258 g/mol. The number of aliphatic hydroxyl groups is 1. The predicted molar refractivity (Wildman–Crippen MR) is 74.8 cm³/mol. The number of hydrogen-bond donors (Lipinski definition) is 2. The number of methoxy groups -OCH3 is 1. The Balaban J connectivity index is 2.52. The van der Waals surface area contributed by atoms with Gasteiger partial charge in [0, 0.05) is 32.8 Å².